The lowest BCUT2D eigenvalue weighted by Crippen LogP contribution is -2.28. The maximum Gasteiger partial charge on any atom is 0.340 e. The zero-order chi connectivity index (χ0) is 23.6. The average Bonchev–Trinajstić information content (AvgIpc) is 3.18. The van der Waals surface area contributed by atoms with Crippen LogP contribution in [-0.4, -0.2) is 56.2 Å². The van der Waals surface area contributed by atoms with E-state index in [1.54, 1.807) is 39.0 Å². The number of aromatic nitrogens is 1. The molecule has 1 unspecified atom stereocenters. The molecule has 2 heterocycles. The van der Waals surface area contributed by atoms with Crippen molar-refractivity contribution in [3.8, 4) is 0 Å². The quantitative estimate of drug-likeness (QED) is 0.471. The fraction of sp³-hybridized carbons (Fsp3) is 0.333. The topological polar surface area (TPSA) is 144 Å². The van der Waals surface area contributed by atoms with Gasteiger partial charge in [0, 0.05) is 17.0 Å². The lowest BCUT2D eigenvalue weighted by Gasteiger charge is -2.10. The van der Waals surface area contributed by atoms with E-state index in [2.05, 4.69) is 14.7 Å². The molecule has 0 fully saturated rings. The molecule has 3 rings (SSSR count). The van der Waals surface area contributed by atoms with Crippen LogP contribution in [0.25, 0.3) is 0 Å². The summed E-state index contributed by atoms with van der Waals surface area (Å²) in [4.78, 5) is 44.4. The van der Waals surface area contributed by atoms with Gasteiger partial charge < -0.3 is 14.5 Å². The standard InChI is InChI=1S/C21H23N3O7S/c1-5-30-21(27)18-12(3)22-11(2)17(18)15(25)10-31-20(26)13(4)23-19-14-8-6-7-9-16(14)32(28,29)24-19/h6-9,13,22H,5,10H2,1-4H3,(H,23,24). The molecule has 0 radical (unpaired) electrons. The van der Waals surface area contributed by atoms with Crippen molar-refractivity contribution in [2.75, 3.05) is 13.2 Å². The maximum absolute atomic E-state index is 12.7. The number of Topliss-reactive ketones (excluding diaryl/α,β-unsaturated/α-hetero) is 1. The number of carbonyl (C=O) groups is 3. The van der Waals surface area contributed by atoms with Crippen LogP contribution in [0.1, 0.15) is 51.5 Å². The van der Waals surface area contributed by atoms with E-state index in [1.165, 1.54) is 13.0 Å². The number of hydrogen-bond acceptors (Lipinski definition) is 8. The smallest absolute Gasteiger partial charge is 0.340 e. The first-order chi connectivity index (χ1) is 15.1. The Bertz CT molecular complexity index is 1230. The summed E-state index contributed by atoms with van der Waals surface area (Å²) in [7, 11) is -3.74. The number of esters is 2. The highest BCUT2D eigenvalue weighted by Gasteiger charge is 2.32. The van der Waals surface area contributed by atoms with E-state index in [4.69, 9.17) is 9.47 Å². The van der Waals surface area contributed by atoms with Gasteiger partial charge in [0.25, 0.3) is 10.0 Å². The Morgan fingerprint density at radius 2 is 1.72 bits per heavy atom. The first-order valence-corrected chi connectivity index (χ1v) is 11.3. The number of aliphatic imine (C=N–C) groups is 1. The number of benzene rings is 1. The largest absolute Gasteiger partial charge is 0.462 e. The molecule has 2 aromatic rings. The van der Waals surface area contributed by atoms with Crippen LogP contribution in [0, 0.1) is 13.8 Å². The van der Waals surface area contributed by atoms with Crippen LogP contribution in [0.2, 0.25) is 0 Å². The number of fused-ring (bicyclic) bond motifs is 1. The van der Waals surface area contributed by atoms with Gasteiger partial charge in [0.2, 0.25) is 5.78 Å². The van der Waals surface area contributed by atoms with Crippen molar-refractivity contribution < 1.29 is 32.3 Å². The number of amidine groups is 1. The molecule has 0 saturated carbocycles. The summed E-state index contributed by atoms with van der Waals surface area (Å²) in [6.45, 7) is 5.88. The average molecular weight is 461 g/mol. The van der Waals surface area contributed by atoms with Crippen molar-refractivity contribution in [3.05, 3.63) is 52.3 Å². The van der Waals surface area contributed by atoms with Gasteiger partial charge in [0.05, 0.1) is 22.6 Å². The molecule has 0 aliphatic carbocycles. The first-order valence-electron chi connectivity index (χ1n) is 9.83. The number of rotatable bonds is 7. The van der Waals surface area contributed by atoms with Crippen LogP contribution in [0.3, 0.4) is 0 Å². The minimum atomic E-state index is -3.74. The van der Waals surface area contributed by atoms with Crippen LogP contribution < -0.4 is 4.72 Å². The van der Waals surface area contributed by atoms with Gasteiger partial charge in [0.1, 0.15) is 11.9 Å². The summed E-state index contributed by atoms with van der Waals surface area (Å²) in [5, 5.41) is 0. The number of carbonyl (C=O) groups excluding carboxylic acids is 3. The number of aromatic amines is 1. The number of ketones is 1. The highest BCUT2D eigenvalue weighted by atomic mass is 32.2. The van der Waals surface area contributed by atoms with Gasteiger partial charge in [-0.15, -0.1) is 0 Å². The van der Waals surface area contributed by atoms with E-state index in [-0.39, 0.29) is 28.5 Å². The molecule has 2 N–H and O–H groups in total. The Labute approximate surface area is 185 Å². The molecular weight excluding hydrogens is 438 g/mol. The van der Waals surface area contributed by atoms with Crippen molar-refractivity contribution in [3.63, 3.8) is 0 Å². The molecule has 11 heteroatoms. The Hall–Kier alpha value is -3.47. The summed E-state index contributed by atoms with van der Waals surface area (Å²) in [5.41, 5.74) is 1.49. The molecule has 0 saturated heterocycles. The SMILES string of the molecule is CCOC(=O)c1c(C)[nH]c(C)c1C(=O)COC(=O)C(C)N=C1NS(=O)(=O)c2ccccc21. The van der Waals surface area contributed by atoms with Gasteiger partial charge >= 0.3 is 11.9 Å². The third kappa shape index (κ3) is 4.42. The van der Waals surface area contributed by atoms with Crippen LogP contribution in [0.15, 0.2) is 34.2 Å². The predicted octanol–water partition coefficient (Wildman–Crippen LogP) is 1.66. The van der Waals surface area contributed by atoms with Gasteiger partial charge in [0.15, 0.2) is 6.61 Å². The molecule has 1 aliphatic rings. The Morgan fingerprint density at radius 1 is 1.06 bits per heavy atom. The molecule has 0 spiro atoms. The minimum Gasteiger partial charge on any atom is -0.462 e. The number of sulfonamides is 1. The minimum absolute atomic E-state index is 0.0260. The second-order valence-electron chi connectivity index (χ2n) is 7.13. The van der Waals surface area contributed by atoms with E-state index in [0.717, 1.165) is 0 Å². The van der Waals surface area contributed by atoms with Crippen molar-refractivity contribution in [2.24, 2.45) is 4.99 Å². The fourth-order valence-electron chi connectivity index (χ4n) is 3.39. The monoisotopic (exact) mass is 461 g/mol. The lowest BCUT2D eigenvalue weighted by atomic mass is 10.1. The van der Waals surface area contributed by atoms with E-state index in [9.17, 15) is 22.8 Å². The molecule has 1 aromatic carbocycles. The van der Waals surface area contributed by atoms with Gasteiger partial charge in [-0.3, -0.25) is 14.5 Å². The van der Waals surface area contributed by atoms with E-state index >= 15 is 0 Å². The van der Waals surface area contributed by atoms with Gasteiger partial charge in [-0.1, -0.05) is 12.1 Å². The normalized spacial score (nSPS) is 16.2. The number of H-pyrrole nitrogens is 1. The zero-order valence-electron chi connectivity index (χ0n) is 18.0. The number of nitrogens with zero attached hydrogens (tertiary/aromatic N) is 1. The van der Waals surface area contributed by atoms with Gasteiger partial charge in [-0.25, -0.2) is 18.0 Å². The molecule has 1 aromatic heterocycles. The lowest BCUT2D eigenvalue weighted by molar-refractivity contribution is -0.143. The van der Waals surface area contributed by atoms with E-state index < -0.39 is 40.4 Å². The first kappa shape index (κ1) is 23.2. The summed E-state index contributed by atoms with van der Waals surface area (Å²) in [5.74, 6) is -2.01. The second-order valence-corrected chi connectivity index (χ2v) is 8.78. The van der Waals surface area contributed by atoms with Crippen molar-refractivity contribution in [1.82, 2.24) is 9.71 Å². The molecular formula is C21H23N3O7S. The van der Waals surface area contributed by atoms with Crippen LogP contribution in [-0.2, 0) is 24.3 Å². The zero-order valence-corrected chi connectivity index (χ0v) is 18.8. The molecule has 170 valence electrons. The molecule has 1 atom stereocenters. The number of ether oxygens (including phenoxy) is 2. The van der Waals surface area contributed by atoms with Crippen LogP contribution in [0.5, 0.6) is 0 Å². The number of aryl methyl sites for hydroxylation is 2. The summed E-state index contributed by atoms with van der Waals surface area (Å²) in [6.07, 6.45) is 0. The van der Waals surface area contributed by atoms with E-state index in [1.807, 2.05) is 0 Å². The highest BCUT2D eigenvalue weighted by molar-refractivity contribution is 7.90. The third-order valence-electron chi connectivity index (χ3n) is 4.81. The summed E-state index contributed by atoms with van der Waals surface area (Å²) < 4.78 is 36.7. The second kappa shape index (κ2) is 8.95. The molecule has 32 heavy (non-hydrogen) atoms. The van der Waals surface area contributed by atoms with Crippen LogP contribution >= 0.6 is 0 Å². The van der Waals surface area contributed by atoms with Crippen molar-refractivity contribution in [1.29, 1.82) is 0 Å². The van der Waals surface area contributed by atoms with Gasteiger partial charge in [-0.2, -0.15) is 0 Å². The summed E-state index contributed by atoms with van der Waals surface area (Å²) >= 11 is 0. The predicted molar refractivity (Wildman–Crippen MR) is 114 cm³/mol. The van der Waals surface area contributed by atoms with Gasteiger partial charge in [-0.05, 0) is 39.8 Å². The summed E-state index contributed by atoms with van der Waals surface area (Å²) in [6, 6.07) is 5.16. The Kier molecular flexibility index (Phi) is 6.49. The number of nitrogens with one attached hydrogen (secondary N) is 2. The molecule has 0 amide bonds. The van der Waals surface area contributed by atoms with E-state index in [0.29, 0.717) is 17.0 Å². The van der Waals surface area contributed by atoms with Crippen LogP contribution in [0.4, 0.5) is 0 Å². The number of hydrogen-bond donors (Lipinski definition) is 2. The Morgan fingerprint density at radius 3 is 2.41 bits per heavy atom. The molecule has 10 nitrogen and oxygen atoms in total. The van der Waals surface area contributed by atoms with Crippen molar-refractivity contribution in [2.45, 2.75) is 38.6 Å². The maximum atomic E-state index is 12.7. The highest BCUT2D eigenvalue weighted by Crippen LogP contribution is 2.23. The molecule has 1 aliphatic heterocycles. The van der Waals surface area contributed by atoms with Crippen molar-refractivity contribution >= 4 is 33.6 Å². The fourth-order valence-corrected chi connectivity index (χ4v) is 4.63. The Balaban J connectivity index is 1.73. The third-order valence-corrected chi connectivity index (χ3v) is 6.20. The molecule has 0 bridgehead atoms.